The zero-order valence-corrected chi connectivity index (χ0v) is 22.7. The van der Waals surface area contributed by atoms with E-state index in [0.717, 1.165) is 30.4 Å². The summed E-state index contributed by atoms with van der Waals surface area (Å²) in [6.45, 7) is 3.59. The number of ether oxygens (including phenoxy) is 3. The van der Waals surface area contributed by atoms with E-state index in [-0.39, 0.29) is 11.8 Å². The Morgan fingerprint density at radius 1 is 1.08 bits per heavy atom. The van der Waals surface area contributed by atoms with E-state index >= 15 is 0 Å². The number of unbranched alkanes of at least 4 members (excludes halogenated alkanes) is 2. The van der Waals surface area contributed by atoms with Crippen LogP contribution >= 0.6 is 24.0 Å². The van der Waals surface area contributed by atoms with Crippen LogP contribution < -0.4 is 9.47 Å². The molecule has 2 saturated heterocycles. The fourth-order valence-corrected chi connectivity index (χ4v) is 5.48. The molecule has 2 fully saturated rings. The molecule has 0 aromatic heterocycles. The molecule has 7 nitrogen and oxygen atoms in total. The summed E-state index contributed by atoms with van der Waals surface area (Å²) in [4.78, 5) is 29.4. The third kappa shape index (κ3) is 7.56. The summed E-state index contributed by atoms with van der Waals surface area (Å²) in [6, 6.07) is 15.6. The van der Waals surface area contributed by atoms with Crippen molar-refractivity contribution in [3.63, 3.8) is 0 Å². The smallest absolute Gasteiger partial charge is 0.266 e. The second-order valence-corrected chi connectivity index (χ2v) is 10.5. The predicted octanol–water partition coefficient (Wildman–Crippen LogP) is 4.89. The number of carbonyl (C=O) groups excluding carboxylic acids is 2. The first kappa shape index (κ1) is 27.2. The minimum Gasteiger partial charge on any atom is -0.493 e. The molecule has 37 heavy (non-hydrogen) atoms. The Bertz CT molecular complexity index is 1130. The Labute approximate surface area is 227 Å². The monoisotopic (exact) mass is 540 g/mol. The van der Waals surface area contributed by atoms with Gasteiger partial charge in [0.05, 0.1) is 25.2 Å². The number of rotatable bonds is 11. The maximum absolute atomic E-state index is 13.0. The first-order chi connectivity index (χ1) is 18.0. The van der Waals surface area contributed by atoms with Crippen molar-refractivity contribution in [1.82, 2.24) is 9.80 Å². The van der Waals surface area contributed by atoms with E-state index in [9.17, 15) is 9.59 Å². The predicted molar refractivity (Wildman–Crippen MR) is 150 cm³/mol. The highest BCUT2D eigenvalue weighted by molar-refractivity contribution is 8.26. The number of morpholine rings is 1. The van der Waals surface area contributed by atoms with Crippen LogP contribution in [0, 0.1) is 0 Å². The normalized spacial score (nSPS) is 16.9. The van der Waals surface area contributed by atoms with Crippen LogP contribution in [0.4, 0.5) is 0 Å². The zero-order valence-electron chi connectivity index (χ0n) is 21.0. The molecule has 0 saturated carbocycles. The maximum Gasteiger partial charge on any atom is 0.266 e. The maximum atomic E-state index is 13.0. The summed E-state index contributed by atoms with van der Waals surface area (Å²) in [5, 5.41) is 0. The topological polar surface area (TPSA) is 68.3 Å². The Hall–Kier alpha value is -2.88. The van der Waals surface area contributed by atoms with Crippen molar-refractivity contribution in [2.45, 2.75) is 32.3 Å². The van der Waals surface area contributed by atoms with Gasteiger partial charge in [0, 0.05) is 26.1 Å². The summed E-state index contributed by atoms with van der Waals surface area (Å²) in [5.41, 5.74) is 1.91. The minimum absolute atomic E-state index is 0.0808. The van der Waals surface area contributed by atoms with E-state index in [0.29, 0.717) is 66.6 Å². The van der Waals surface area contributed by atoms with E-state index in [2.05, 4.69) is 0 Å². The third-order valence-electron chi connectivity index (χ3n) is 6.23. The van der Waals surface area contributed by atoms with Gasteiger partial charge < -0.3 is 19.1 Å². The highest BCUT2D eigenvalue weighted by Gasteiger charge is 2.31. The fraction of sp³-hybridized carbons (Fsp3) is 0.393. The quantitative estimate of drug-likeness (QED) is 0.228. The summed E-state index contributed by atoms with van der Waals surface area (Å²) in [5.74, 6) is 1.35. The lowest BCUT2D eigenvalue weighted by atomic mass is 10.1. The molecule has 0 unspecified atom stereocenters. The van der Waals surface area contributed by atoms with Crippen molar-refractivity contribution in [2.24, 2.45) is 0 Å². The highest BCUT2D eigenvalue weighted by Crippen LogP contribution is 2.35. The summed E-state index contributed by atoms with van der Waals surface area (Å²) < 4.78 is 17.3. The minimum atomic E-state index is -0.0808. The van der Waals surface area contributed by atoms with E-state index in [1.54, 1.807) is 12.0 Å². The number of thiocarbonyl (C=S) groups is 1. The molecule has 0 N–H and O–H groups in total. The van der Waals surface area contributed by atoms with Gasteiger partial charge in [-0.2, -0.15) is 0 Å². The Morgan fingerprint density at radius 3 is 2.62 bits per heavy atom. The number of methoxy groups -OCH3 is 1. The number of benzene rings is 2. The molecule has 0 radical (unpaired) electrons. The van der Waals surface area contributed by atoms with Gasteiger partial charge in [-0.1, -0.05) is 66.8 Å². The van der Waals surface area contributed by atoms with Crippen LogP contribution in [0.3, 0.4) is 0 Å². The molecule has 2 aliphatic rings. The fourth-order valence-electron chi connectivity index (χ4n) is 4.17. The van der Waals surface area contributed by atoms with Gasteiger partial charge in [0.25, 0.3) is 5.91 Å². The number of amides is 2. The number of nitrogens with zero attached hydrogens (tertiary/aromatic N) is 2. The lowest BCUT2D eigenvalue weighted by molar-refractivity contribution is -0.135. The Morgan fingerprint density at radius 2 is 1.86 bits per heavy atom. The molecule has 0 atom stereocenters. The molecule has 0 bridgehead atoms. The van der Waals surface area contributed by atoms with Gasteiger partial charge in [0.1, 0.15) is 10.9 Å². The van der Waals surface area contributed by atoms with Crippen molar-refractivity contribution in [1.29, 1.82) is 0 Å². The molecule has 0 aliphatic carbocycles. The molecule has 2 aromatic carbocycles. The van der Waals surface area contributed by atoms with Crippen molar-refractivity contribution in [3.05, 3.63) is 64.6 Å². The number of carbonyl (C=O) groups is 2. The Kier molecular flexibility index (Phi) is 9.99. The Balaban J connectivity index is 1.27. The molecule has 4 rings (SSSR count). The first-order valence-electron chi connectivity index (χ1n) is 12.5. The van der Waals surface area contributed by atoms with Crippen molar-refractivity contribution in [2.75, 3.05) is 40.0 Å². The molecule has 9 heteroatoms. The number of hydrogen-bond donors (Lipinski definition) is 0. The average molecular weight is 541 g/mol. The van der Waals surface area contributed by atoms with E-state index in [1.807, 2.05) is 59.5 Å². The number of thioether (sulfide) groups is 1. The number of hydrogen-bond acceptors (Lipinski definition) is 7. The van der Waals surface area contributed by atoms with Gasteiger partial charge in [0.2, 0.25) is 5.91 Å². The largest absolute Gasteiger partial charge is 0.493 e. The second-order valence-electron chi connectivity index (χ2n) is 8.82. The first-order valence-corrected chi connectivity index (χ1v) is 13.7. The SMILES string of the molecule is COc1cc(/C=C2\SC(=S)N(CCCCCC(=O)N3CCOCC3)C2=O)ccc1OCc1ccccc1. The van der Waals surface area contributed by atoms with Crippen LogP contribution in [-0.4, -0.2) is 65.9 Å². The molecule has 0 spiro atoms. The van der Waals surface area contributed by atoms with Crippen LogP contribution in [0.2, 0.25) is 0 Å². The van der Waals surface area contributed by atoms with Gasteiger partial charge >= 0.3 is 0 Å². The van der Waals surface area contributed by atoms with Crippen LogP contribution in [0.25, 0.3) is 6.08 Å². The van der Waals surface area contributed by atoms with Gasteiger partial charge in [-0.05, 0) is 42.2 Å². The molecular weight excluding hydrogens is 508 g/mol. The van der Waals surface area contributed by atoms with Crippen molar-refractivity contribution >= 4 is 46.2 Å². The van der Waals surface area contributed by atoms with E-state index < -0.39 is 0 Å². The lowest BCUT2D eigenvalue weighted by Gasteiger charge is -2.26. The molecule has 2 aromatic rings. The second kappa shape index (κ2) is 13.6. The molecule has 2 aliphatic heterocycles. The lowest BCUT2D eigenvalue weighted by Crippen LogP contribution is -2.40. The van der Waals surface area contributed by atoms with E-state index in [4.69, 9.17) is 26.4 Å². The molecular formula is C28H32N2O5S2. The van der Waals surface area contributed by atoms with Crippen molar-refractivity contribution < 1.29 is 23.8 Å². The van der Waals surface area contributed by atoms with Crippen LogP contribution in [0.1, 0.15) is 36.8 Å². The summed E-state index contributed by atoms with van der Waals surface area (Å²) >= 11 is 6.79. The van der Waals surface area contributed by atoms with Gasteiger partial charge in [0.15, 0.2) is 11.5 Å². The highest BCUT2D eigenvalue weighted by atomic mass is 32.2. The van der Waals surface area contributed by atoms with Crippen molar-refractivity contribution in [3.8, 4) is 11.5 Å². The average Bonchev–Trinajstić information content (AvgIpc) is 3.20. The van der Waals surface area contributed by atoms with Crippen LogP contribution in [-0.2, 0) is 20.9 Å². The van der Waals surface area contributed by atoms with Gasteiger partial charge in [-0.25, -0.2) is 0 Å². The van der Waals surface area contributed by atoms with Gasteiger partial charge in [-0.3, -0.25) is 14.5 Å². The van der Waals surface area contributed by atoms with Gasteiger partial charge in [-0.15, -0.1) is 0 Å². The summed E-state index contributed by atoms with van der Waals surface area (Å²) in [7, 11) is 1.60. The van der Waals surface area contributed by atoms with E-state index in [1.165, 1.54) is 11.8 Å². The molecule has 2 amide bonds. The zero-order chi connectivity index (χ0) is 26.0. The molecule has 196 valence electrons. The standard InChI is InChI=1S/C28H32N2O5S2/c1-33-24-18-22(11-12-23(24)35-20-21-8-4-2-5-9-21)19-25-27(32)30(28(36)37-25)13-7-3-6-10-26(31)29-14-16-34-17-15-29/h2,4-5,8-9,11-12,18-19H,3,6-7,10,13-17,20H2,1H3/b25-19-. The summed E-state index contributed by atoms with van der Waals surface area (Å²) in [6.07, 6.45) is 4.85. The van der Waals surface area contributed by atoms with Crippen LogP contribution in [0.15, 0.2) is 53.4 Å². The van der Waals surface area contributed by atoms with Crippen LogP contribution in [0.5, 0.6) is 11.5 Å². The third-order valence-corrected chi connectivity index (χ3v) is 7.61. The molecule has 2 heterocycles.